The van der Waals surface area contributed by atoms with Crippen molar-refractivity contribution >= 4 is 11.6 Å². The van der Waals surface area contributed by atoms with Crippen LogP contribution in [0.5, 0.6) is 0 Å². The number of ketones is 2. The molecule has 0 aromatic heterocycles. The molecule has 0 bridgehead atoms. The van der Waals surface area contributed by atoms with E-state index in [1.807, 2.05) is 0 Å². The highest BCUT2D eigenvalue weighted by Crippen LogP contribution is 2.67. The molecule has 0 aliphatic heterocycles. The number of carbonyl (C=O) groups is 2. The first-order valence-corrected chi connectivity index (χ1v) is 12.3. The van der Waals surface area contributed by atoms with Crippen molar-refractivity contribution in [2.45, 2.75) is 98.5 Å². The molecule has 4 unspecified atom stereocenters. The van der Waals surface area contributed by atoms with E-state index in [-0.39, 0.29) is 28.8 Å². The van der Waals surface area contributed by atoms with Crippen LogP contribution in [0.25, 0.3) is 0 Å². The van der Waals surface area contributed by atoms with Gasteiger partial charge in [-0.15, -0.1) is 0 Å². The third-order valence-electron chi connectivity index (χ3n) is 10.6. The zero-order valence-electron chi connectivity index (χ0n) is 19.2. The Morgan fingerprint density at radius 3 is 2.41 bits per heavy atom. The van der Waals surface area contributed by atoms with Crippen LogP contribution < -0.4 is 0 Å². The molecule has 3 nitrogen and oxygen atoms in total. The zero-order valence-corrected chi connectivity index (χ0v) is 19.2. The summed E-state index contributed by atoms with van der Waals surface area (Å²) in [7, 11) is 0. The fourth-order valence-corrected chi connectivity index (χ4v) is 8.77. The van der Waals surface area contributed by atoms with Crippen LogP contribution in [0.4, 0.5) is 0 Å². The predicted octanol–water partition coefficient (Wildman–Crippen LogP) is 5.44. The summed E-state index contributed by atoms with van der Waals surface area (Å²) in [6.45, 7) is 11.1. The molecule has 0 spiro atoms. The molecular weight excluding hydrogens is 360 g/mol. The topological polar surface area (TPSA) is 54.4 Å². The molecule has 10 atom stereocenters. The first-order chi connectivity index (χ1) is 13.6. The number of aliphatic hydroxyl groups excluding tert-OH is 1. The number of hydrogen-bond acceptors (Lipinski definition) is 3. The highest BCUT2D eigenvalue weighted by Gasteiger charge is 2.63. The summed E-state index contributed by atoms with van der Waals surface area (Å²) < 4.78 is 0. The highest BCUT2D eigenvalue weighted by atomic mass is 16.3. The molecule has 0 aromatic carbocycles. The van der Waals surface area contributed by atoms with Crippen LogP contribution >= 0.6 is 0 Å². The van der Waals surface area contributed by atoms with Crippen LogP contribution in [-0.2, 0) is 9.59 Å². The lowest BCUT2D eigenvalue weighted by molar-refractivity contribution is -0.160. The molecule has 164 valence electrons. The summed E-state index contributed by atoms with van der Waals surface area (Å²) in [5, 5.41) is 10.2. The van der Waals surface area contributed by atoms with E-state index in [0.717, 1.165) is 25.7 Å². The fraction of sp³-hybridized carbons (Fsp3) is 0.923. The summed E-state index contributed by atoms with van der Waals surface area (Å²) in [6.07, 6.45) is 9.14. The number of aliphatic hydroxyl groups is 1. The number of carbonyl (C=O) groups excluding carboxylic acids is 2. The molecule has 4 fully saturated rings. The van der Waals surface area contributed by atoms with Gasteiger partial charge in [-0.25, -0.2) is 0 Å². The van der Waals surface area contributed by atoms with Gasteiger partial charge >= 0.3 is 0 Å². The summed E-state index contributed by atoms with van der Waals surface area (Å²) in [4.78, 5) is 25.3. The molecule has 4 rings (SSSR count). The quantitative estimate of drug-likeness (QED) is 0.681. The summed E-state index contributed by atoms with van der Waals surface area (Å²) in [5.74, 6) is 3.82. The van der Waals surface area contributed by atoms with Gasteiger partial charge < -0.3 is 5.11 Å². The Morgan fingerprint density at radius 2 is 1.72 bits per heavy atom. The third kappa shape index (κ3) is 3.34. The fourth-order valence-electron chi connectivity index (χ4n) is 8.77. The van der Waals surface area contributed by atoms with Crippen LogP contribution in [0.15, 0.2) is 0 Å². The summed E-state index contributed by atoms with van der Waals surface area (Å²) in [6, 6.07) is 0. The SMILES string of the molecule is CC(=O)[C@@H](C)C[C@@H](C)[C@H]1CCC2C3C(=O)CC4C[C@H](O)CC[C@]4(C)C3CC[C@@]21C. The van der Waals surface area contributed by atoms with Crippen molar-refractivity contribution in [3.05, 3.63) is 0 Å². The normalized spacial score (nSPS) is 49.0. The molecular formula is C26H42O3. The lowest BCUT2D eigenvalue weighted by atomic mass is 9.44. The second-order valence-corrected chi connectivity index (χ2v) is 12.0. The van der Waals surface area contributed by atoms with E-state index in [4.69, 9.17) is 0 Å². The van der Waals surface area contributed by atoms with Gasteiger partial charge in [-0.1, -0.05) is 27.7 Å². The molecule has 0 amide bonds. The number of fused-ring (bicyclic) bond motifs is 5. The number of Topliss-reactive ketones (excluding diaryl/α,β-unsaturated/α-hetero) is 2. The molecule has 4 saturated carbocycles. The van der Waals surface area contributed by atoms with Crippen LogP contribution in [0.1, 0.15) is 92.4 Å². The standard InChI is InChI=1S/C26H42O3/c1-15(17(3)27)12-16(2)20-6-7-21-24-22(9-11-26(20,21)5)25(4)10-8-19(28)13-18(25)14-23(24)29/h15-16,18-22,24,28H,6-14H2,1-5H3/t15-,16+,18?,19+,20+,21?,22?,24?,25-,26+/m0/s1. The number of hydrogen-bond donors (Lipinski definition) is 1. The molecule has 0 saturated heterocycles. The molecule has 3 heteroatoms. The first-order valence-electron chi connectivity index (χ1n) is 12.3. The maximum Gasteiger partial charge on any atom is 0.136 e. The third-order valence-corrected chi connectivity index (χ3v) is 10.6. The minimum Gasteiger partial charge on any atom is -0.393 e. The average Bonchev–Trinajstić information content (AvgIpc) is 3.00. The van der Waals surface area contributed by atoms with E-state index < -0.39 is 0 Å². The summed E-state index contributed by atoms with van der Waals surface area (Å²) >= 11 is 0. The van der Waals surface area contributed by atoms with Crippen LogP contribution in [-0.4, -0.2) is 22.8 Å². The van der Waals surface area contributed by atoms with Crippen molar-refractivity contribution in [2.75, 3.05) is 0 Å². The van der Waals surface area contributed by atoms with Gasteiger partial charge in [0, 0.05) is 18.3 Å². The van der Waals surface area contributed by atoms with Crippen molar-refractivity contribution in [1.82, 2.24) is 0 Å². The van der Waals surface area contributed by atoms with Gasteiger partial charge in [0.05, 0.1) is 6.10 Å². The van der Waals surface area contributed by atoms with E-state index in [9.17, 15) is 14.7 Å². The smallest absolute Gasteiger partial charge is 0.136 e. The Bertz CT molecular complexity index is 671. The van der Waals surface area contributed by atoms with Gasteiger partial charge in [0.15, 0.2) is 0 Å². The van der Waals surface area contributed by atoms with Gasteiger partial charge in [-0.05, 0) is 98.7 Å². The van der Waals surface area contributed by atoms with E-state index in [2.05, 4.69) is 27.7 Å². The lowest BCUT2D eigenvalue weighted by Gasteiger charge is -2.60. The van der Waals surface area contributed by atoms with E-state index in [1.54, 1.807) is 6.92 Å². The molecule has 29 heavy (non-hydrogen) atoms. The molecule has 0 heterocycles. The minimum absolute atomic E-state index is 0.147. The molecule has 0 radical (unpaired) electrons. The Kier molecular flexibility index (Phi) is 5.54. The van der Waals surface area contributed by atoms with Gasteiger partial charge in [-0.3, -0.25) is 9.59 Å². The predicted molar refractivity (Wildman–Crippen MR) is 115 cm³/mol. The van der Waals surface area contributed by atoms with Crippen molar-refractivity contribution < 1.29 is 14.7 Å². The van der Waals surface area contributed by atoms with Crippen molar-refractivity contribution in [1.29, 1.82) is 0 Å². The zero-order chi connectivity index (χ0) is 21.1. The van der Waals surface area contributed by atoms with Gasteiger partial charge in [-0.2, -0.15) is 0 Å². The largest absolute Gasteiger partial charge is 0.393 e. The van der Waals surface area contributed by atoms with Crippen LogP contribution in [0, 0.1) is 52.3 Å². The maximum atomic E-state index is 13.4. The Balaban J connectivity index is 1.56. The van der Waals surface area contributed by atoms with Crippen molar-refractivity contribution in [3.63, 3.8) is 0 Å². The van der Waals surface area contributed by atoms with Gasteiger partial charge in [0.25, 0.3) is 0 Å². The monoisotopic (exact) mass is 402 g/mol. The minimum atomic E-state index is -0.203. The Labute approximate surface area is 177 Å². The van der Waals surface area contributed by atoms with Gasteiger partial charge in [0.1, 0.15) is 11.6 Å². The highest BCUT2D eigenvalue weighted by molar-refractivity contribution is 5.83. The van der Waals surface area contributed by atoms with Crippen molar-refractivity contribution in [2.24, 2.45) is 52.3 Å². The van der Waals surface area contributed by atoms with Crippen LogP contribution in [0.3, 0.4) is 0 Å². The molecule has 4 aliphatic carbocycles. The Hall–Kier alpha value is -0.700. The van der Waals surface area contributed by atoms with E-state index >= 15 is 0 Å². The second kappa shape index (κ2) is 7.46. The molecule has 4 aliphatic rings. The Morgan fingerprint density at radius 1 is 1.07 bits per heavy atom. The maximum absolute atomic E-state index is 13.4. The number of rotatable bonds is 4. The van der Waals surface area contributed by atoms with Crippen molar-refractivity contribution in [3.8, 4) is 0 Å². The average molecular weight is 403 g/mol. The second-order valence-electron chi connectivity index (χ2n) is 12.0. The molecule has 0 aromatic rings. The first kappa shape index (κ1) is 21.5. The molecule has 1 N–H and O–H groups in total. The van der Waals surface area contributed by atoms with Crippen LogP contribution in [0.2, 0.25) is 0 Å². The van der Waals surface area contributed by atoms with Gasteiger partial charge in [0.2, 0.25) is 0 Å². The lowest BCUT2D eigenvalue weighted by Crippen LogP contribution is -2.57. The van der Waals surface area contributed by atoms with E-state index in [0.29, 0.717) is 47.6 Å². The summed E-state index contributed by atoms with van der Waals surface area (Å²) in [5.41, 5.74) is 0.496. The van der Waals surface area contributed by atoms with E-state index in [1.165, 1.54) is 25.7 Å².